The summed E-state index contributed by atoms with van der Waals surface area (Å²) in [5.74, 6) is 0.187. The van der Waals surface area contributed by atoms with Crippen LogP contribution in [0.2, 0.25) is 0 Å². The third-order valence-corrected chi connectivity index (χ3v) is 5.85. The lowest BCUT2D eigenvalue weighted by Crippen LogP contribution is -2.17. The summed E-state index contributed by atoms with van der Waals surface area (Å²) in [5.41, 5.74) is 0. The first-order valence-electron chi connectivity index (χ1n) is 11.7. The summed E-state index contributed by atoms with van der Waals surface area (Å²) in [6.07, 6.45) is 28.3. The van der Waals surface area contributed by atoms with Gasteiger partial charge in [-0.1, -0.05) is 77.6 Å². The fraction of sp³-hybridized carbons (Fsp3) is 0.917. The quantitative estimate of drug-likeness (QED) is 0.237. The minimum absolute atomic E-state index is 0.187. The highest BCUT2D eigenvalue weighted by molar-refractivity contribution is 5.54. The Kier molecular flexibility index (Phi) is 16.4. The molecule has 0 saturated heterocycles. The third kappa shape index (κ3) is 13.8. The fourth-order valence-corrected chi connectivity index (χ4v) is 3.92. The molecule has 1 saturated carbocycles. The molecule has 152 valence electrons. The molecule has 0 amide bonds. The number of carbonyl (C=O) groups excluding carboxylic acids is 1. The minimum atomic E-state index is 0.187. The minimum Gasteiger partial charge on any atom is -0.378 e. The number of hydrogen-bond donors (Lipinski definition) is 0. The van der Waals surface area contributed by atoms with Crippen molar-refractivity contribution in [3.8, 4) is 0 Å². The van der Waals surface area contributed by atoms with Gasteiger partial charge in [-0.3, -0.25) is 4.79 Å². The van der Waals surface area contributed by atoms with Gasteiger partial charge in [0.15, 0.2) is 0 Å². The summed E-state index contributed by atoms with van der Waals surface area (Å²) in [5, 5.41) is 0. The van der Waals surface area contributed by atoms with Gasteiger partial charge in [0.1, 0.15) is 0 Å². The molecule has 2 nitrogen and oxygen atoms in total. The van der Waals surface area contributed by atoms with Crippen LogP contribution in [0.25, 0.3) is 0 Å². The lowest BCUT2D eigenvalue weighted by molar-refractivity contribution is 0.0326. The molecule has 26 heavy (non-hydrogen) atoms. The van der Waals surface area contributed by atoms with E-state index >= 15 is 0 Å². The van der Waals surface area contributed by atoms with Crippen LogP contribution in [-0.4, -0.2) is 19.0 Å². The third-order valence-electron chi connectivity index (χ3n) is 5.85. The Hall–Kier alpha value is -0.370. The lowest BCUT2D eigenvalue weighted by atomic mass is 9.98. The van der Waals surface area contributed by atoms with Crippen molar-refractivity contribution in [2.75, 3.05) is 6.61 Å². The van der Waals surface area contributed by atoms with Gasteiger partial charge in [-0.15, -0.1) is 0 Å². The summed E-state index contributed by atoms with van der Waals surface area (Å²) in [6, 6.07) is 0. The van der Waals surface area contributed by atoms with E-state index in [1.54, 1.807) is 0 Å². The molecule has 2 heteroatoms. The molecule has 0 spiro atoms. The Morgan fingerprint density at radius 1 is 0.846 bits per heavy atom. The van der Waals surface area contributed by atoms with Gasteiger partial charge >= 0.3 is 0 Å². The molecule has 1 fully saturated rings. The van der Waals surface area contributed by atoms with E-state index in [0.717, 1.165) is 19.4 Å². The maximum absolute atomic E-state index is 10.6. The zero-order chi connectivity index (χ0) is 18.7. The predicted octanol–water partition coefficient (Wildman–Crippen LogP) is 7.36. The molecule has 2 radical (unpaired) electrons. The van der Waals surface area contributed by atoms with E-state index in [1.165, 1.54) is 103 Å². The Bertz CT molecular complexity index is 297. The van der Waals surface area contributed by atoms with E-state index in [2.05, 4.69) is 19.6 Å². The van der Waals surface area contributed by atoms with Crippen molar-refractivity contribution < 1.29 is 9.53 Å². The predicted molar refractivity (Wildman–Crippen MR) is 112 cm³/mol. The van der Waals surface area contributed by atoms with Crippen LogP contribution >= 0.6 is 0 Å². The molecule has 1 aliphatic carbocycles. The van der Waals surface area contributed by atoms with Crippen molar-refractivity contribution in [3.63, 3.8) is 0 Å². The average Bonchev–Trinajstić information content (AvgIpc) is 2.68. The molecule has 1 atom stereocenters. The van der Waals surface area contributed by atoms with Crippen molar-refractivity contribution in [2.24, 2.45) is 5.92 Å². The van der Waals surface area contributed by atoms with Crippen LogP contribution in [0.1, 0.15) is 122 Å². The maximum Gasteiger partial charge on any atom is 0.201 e. The van der Waals surface area contributed by atoms with E-state index in [9.17, 15) is 4.79 Å². The van der Waals surface area contributed by atoms with Gasteiger partial charge in [-0.2, -0.15) is 0 Å². The van der Waals surface area contributed by atoms with E-state index in [-0.39, 0.29) is 5.92 Å². The second-order valence-corrected chi connectivity index (χ2v) is 8.19. The molecule has 0 aromatic rings. The van der Waals surface area contributed by atoms with E-state index in [1.807, 2.05) is 0 Å². The highest BCUT2D eigenvalue weighted by Crippen LogP contribution is 2.20. The Morgan fingerprint density at radius 2 is 1.35 bits per heavy atom. The largest absolute Gasteiger partial charge is 0.378 e. The van der Waals surface area contributed by atoms with Crippen molar-refractivity contribution in [3.05, 3.63) is 6.42 Å². The van der Waals surface area contributed by atoms with Gasteiger partial charge in [0.05, 0.1) is 6.10 Å². The smallest absolute Gasteiger partial charge is 0.201 e. The molecule has 0 heterocycles. The van der Waals surface area contributed by atoms with Gasteiger partial charge in [0.2, 0.25) is 6.29 Å². The van der Waals surface area contributed by atoms with Gasteiger partial charge in [-0.05, 0) is 51.4 Å². The van der Waals surface area contributed by atoms with Gasteiger partial charge in [0.25, 0.3) is 0 Å². The Balaban J connectivity index is 1.70. The number of unbranched alkanes of at least 4 members (excludes halogenated alkanes) is 11. The lowest BCUT2D eigenvalue weighted by Gasteiger charge is -2.21. The van der Waals surface area contributed by atoms with Crippen molar-refractivity contribution in [1.29, 1.82) is 0 Å². The molecule has 1 unspecified atom stereocenters. The average molecular weight is 365 g/mol. The van der Waals surface area contributed by atoms with Gasteiger partial charge in [0, 0.05) is 12.5 Å². The highest BCUT2D eigenvalue weighted by Gasteiger charge is 2.13. The topological polar surface area (TPSA) is 26.3 Å². The summed E-state index contributed by atoms with van der Waals surface area (Å²) >= 11 is 0. The molecule has 1 aliphatic rings. The zero-order valence-corrected chi connectivity index (χ0v) is 17.5. The van der Waals surface area contributed by atoms with Crippen molar-refractivity contribution >= 4 is 6.29 Å². The standard InChI is InChI=1S/C24H44O2/c1-2-23(22-25)18-14-11-9-7-5-3-4-6-8-10-12-17-21-26-24-19-15-13-16-20-24/h13,23-24H,2-12,14-21H2,1H3. The molecular formula is C24H44O2. The van der Waals surface area contributed by atoms with Crippen LogP contribution in [0, 0.1) is 12.3 Å². The number of hydrogen-bond acceptors (Lipinski definition) is 2. The second-order valence-electron chi connectivity index (χ2n) is 8.19. The van der Waals surface area contributed by atoms with E-state index in [4.69, 9.17) is 4.74 Å². The van der Waals surface area contributed by atoms with E-state index in [0.29, 0.717) is 6.10 Å². The maximum atomic E-state index is 10.6. The van der Waals surface area contributed by atoms with Crippen LogP contribution in [0.3, 0.4) is 0 Å². The van der Waals surface area contributed by atoms with Crippen LogP contribution in [0.5, 0.6) is 0 Å². The van der Waals surface area contributed by atoms with Crippen molar-refractivity contribution in [2.45, 2.75) is 129 Å². The molecular weight excluding hydrogens is 320 g/mol. The Morgan fingerprint density at radius 3 is 1.85 bits per heavy atom. The molecule has 0 N–H and O–H groups in total. The first-order chi connectivity index (χ1) is 12.9. The van der Waals surface area contributed by atoms with Gasteiger partial charge < -0.3 is 4.74 Å². The monoisotopic (exact) mass is 364 g/mol. The Labute approximate surface area is 163 Å². The summed E-state index contributed by atoms with van der Waals surface area (Å²) in [7, 11) is 0. The second kappa shape index (κ2) is 18.0. The summed E-state index contributed by atoms with van der Waals surface area (Å²) in [6.45, 7) is 3.06. The summed E-state index contributed by atoms with van der Waals surface area (Å²) in [4.78, 5) is 10.6. The number of ether oxygens (including phenoxy) is 1. The molecule has 0 aromatic heterocycles. The van der Waals surface area contributed by atoms with Crippen LogP contribution < -0.4 is 0 Å². The van der Waals surface area contributed by atoms with Crippen LogP contribution in [0.4, 0.5) is 0 Å². The molecule has 0 aliphatic heterocycles. The van der Waals surface area contributed by atoms with Crippen LogP contribution in [-0.2, 0) is 9.53 Å². The zero-order valence-electron chi connectivity index (χ0n) is 17.5. The van der Waals surface area contributed by atoms with Gasteiger partial charge in [-0.25, -0.2) is 0 Å². The first-order valence-corrected chi connectivity index (χ1v) is 11.7. The normalized spacial score (nSPS) is 16.7. The van der Waals surface area contributed by atoms with Crippen molar-refractivity contribution in [1.82, 2.24) is 0 Å². The molecule has 0 bridgehead atoms. The number of rotatable bonds is 18. The first kappa shape index (κ1) is 23.7. The fourth-order valence-electron chi connectivity index (χ4n) is 3.92. The molecule has 0 aromatic carbocycles. The molecule has 1 rings (SSSR count). The highest BCUT2D eigenvalue weighted by atomic mass is 16.5. The van der Waals surface area contributed by atoms with E-state index < -0.39 is 0 Å². The van der Waals surface area contributed by atoms with Crippen LogP contribution in [0.15, 0.2) is 0 Å². The summed E-state index contributed by atoms with van der Waals surface area (Å²) < 4.78 is 5.97. The SMILES string of the molecule is CCC([C]=O)CCCCCCCCCCCCCCOC1CC[CH]CC1.